The lowest BCUT2D eigenvalue weighted by Gasteiger charge is -2.35. The van der Waals surface area contributed by atoms with E-state index >= 15 is 0 Å². The molecule has 1 aliphatic heterocycles. The van der Waals surface area contributed by atoms with Crippen molar-refractivity contribution in [2.75, 3.05) is 6.54 Å². The maximum Gasteiger partial charge on any atom is 0.0389 e. The standard InChI is InChI=1S/C15H25N/c1-2-3-8-14-9-7-12-16(13-14)15-10-5-4-6-11-15/h7,9,12,15H,2-6,8,10-11,13H2,1H3. The molecule has 0 spiro atoms. The van der Waals surface area contributed by atoms with Crippen LogP contribution in [-0.4, -0.2) is 17.5 Å². The Hall–Kier alpha value is -0.720. The molecule has 1 nitrogen and oxygen atoms in total. The quantitative estimate of drug-likeness (QED) is 0.682. The van der Waals surface area contributed by atoms with E-state index in [-0.39, 0.29) is 0 Å². The SMILES string of the molecule is CCCCC1=CC=CN(C2CCCCC2)C1. The van der Waals surface area contributed by atoms with Gasteiger partial charge in [0.2, 0.25) is 0 Å². The van der Waals surface area contributed by atoms with Gasteiger partial charge in [-0.25, -0.2) is 0 Å². The molecule has 0 unspecified atom stereocenters. The molecule has 1 saturated carbocycles. The van der Waals surface area contributed by atoms with E-state index in [0.29, 0.717) is 0 Å². The molecule has 0 saturated heterocycles. The van der Waals surface area contributed by atoms with Crippen molar-refractivity contribution in [1.29, 1.82) is 0 Å². The summed E-state index contributed by atoms with van der Waals surface area (Å²) in [6, 6.07) is 0.829. The predicted octanol–water partition coefficient (Wildman–Crippen LogP) is 4.27. The van der Waals surface area contributed by atoms with Gasteiger partial charge in [-0.1, -0.05) is 44.3 Å². The zero-order valence-corrected chi connectivity index (χ0v) is 10.6. The van der Waals surface area contributed by atoms with Crippen LogP contribution < -0.4 is 0 Å². The van der Waals surface area contributed by atoms with Crippen LogP contribution in [0.5, 0.6) is 0 Å². The lowest BCUT2D eigenvalue weighted by molar-refractivity contribution is 0.227. The summed E-state index contributed by atoms with van der Waals surface area (Å²) in [7, 11) is 0. The lowest BCUT2D eigenvalue weighted by Crippen LogP contribution is -2.35. The summed E-state index contributed by atoms with van der Waals surface area (Å²) in [6.07, 6.45) is 18.0. The molecular weight excluding hydrogens is 194 g/mol. The van der Waals surface area contributed by atoms with Crippen molar-refractivity contribution in [2.45, 2.75) is 64.3 Å². The Balaban J connectivity index is 1.84. The molecule has 1 fully saturated rings. The highest BCUT2D eigenvalue weighted by molar-refractivity contribution is 5.19. The lowest BCUT2D eigenvalue weighted by atomic mass is 9.93. The van der Waals surface area contributed by atoms with Gasteiger partial charge in [0.05, 0.1) is 0 Å². The third kappa shape index (κ3) is 3.13. The maximum absolute atomic E-state index is 2.59. The van der Waals surface area contributed by atoms with Crippen LogP contribution in [0.15, 0.2) is 23.9 Å². The van der Waals surface area contributed by atoms with Gasteiger partial charge in [0.1, 0.15) is 0 Å². The fraction of sp³-hybridized carbons (Fsp3) is 0.733. The second kappa shape index (κ2) is 6.12. The van der Waals surface area contributed by atoms with Crippen molar-refractivity contribution in [1.82, 2.24) is 4.90 Å². The normalized spacial score (nSPS) is 22.3. The van der Waals surface area contributed by atoms with Gasteiger partial charge in [-0.05, 0) is 38.0 Å². The molecule has 0 atom stereocenters. The van der Waals surface area contributed by atoms with Gasteiger partial charge in [0.25, 0.3) is 0 Å². The van der Waals surface area contributed by atoms with Crippen molar-refractivity contribution in [3.8, 4) is 0 Å². The monoisotopic (exact) mass is 219 g/mol. The number of hydrogen-bond donors (Lipinski definition) is 0. The average Bonchev–Trinajstić information content (AvgIpc) is 2.38. The fourth-order valence-electron chi connectivity index (χ4n) is 2.86. The van der Waals surface area contributed by atoms with Gasteiger partial charge in [-0.3, -0.25) is 0 Å². The fourth-order valence-corrected chi connectivity index (χ4v) is 2.86. The molecule has 0 amide bonds. The number of hydrogen-bond acceptors (Lipinski definition) is 1. The van der Waals surface area contributed by atoms with Gasteiger partial charge >= 0.3 is 0 Å². The molecule has 0 aromatic rings. The highest BCUT2D eigenvalue weighted by Crippen LogP contribution is 2.25. The second-order valence-corrected chi connectivity index (χ2v) is 5.23. The molecule has 1 heterocycles. The van der Waals surface area contributed by atoms with Crippen LogP contribution in [0.2, 0.25) is 0 Å². The Kier molecular flexibility index (Phi) is 4.50. The topological polar surface area (TPSA) is 3.24 Å². The Morgan fingerprint density at radius 1 is 1.25 bits per heavy atom. The van der Waals surface area contributed by atoms with E-state index in [1.165, 1.54) is 57.9 Å². The smallest absolute Gasteiger partial charge is 0.0389 e. The Morgan fingerprint density at radius 3 is 2.81 bits per heavy atom. The van der Waals surface area contributed by atoms with E-state index in [4.69, 9.17) is 0 Å². The van der Waals surface area contributed by atoms with Crippen LogP contribution in [0.1, 0.15) is 58.3 Å². The molecule has 0 radical (unpaired) electrons. The number of rotatable bonds is 4. The van der Waals surface area contributed by atoms with Crippen molar-refractivity contribution in [3.05, 3.63) is 23.9 Å². The number of allylic oxidation sites excluding steroid dienone is 2. The van der Waals surface area contributed by atoms with E-state index in [1.807, 2.05) is 0 Å². The zero-order valence-electron chi connectivity index (χ0n) is 10.6. The van der Waals surface area contributed by atoms with Crippen molar-refractivity contribution in [2.24, 2.45) is 0 Å². The second-order valence-electron chi connectivity index (χ2n) is 5.23. The summed E-state index contributed by atoms with van der Waals surface area (Å²) >= 11 is 0. The summed E-state index contributed by atoms with van der Waals surface area (Å²) in [5.41, 5.74) is 1.63. The van der Waals surface area contributed by atoms with Crippen molar-refractivity contribution in [3.63, 3.8) is 0 Å². The van der Waals surface area contributed by atoms with Crippen LogP contribution in [0.4, 0.5) is 0 Å². The van der Waals surface area contributed by atoms with E-state index in [0.717, 1.165) is 6.04 Å². The first kappa shape index (κ1) is 11.8. The highest BCUT2D eigenvalue weighted by atomic mass is 15.1. The highest BCUT2D eigenvalue weighted by Gasteiger charge is 2.20. The molecule has 0 N–H and O–H groups in total. The van der Waals surface area contributed by atoms with Crippen LogP contribution >= 0.6 is 0 Å². The molecule has 1 heteroatoms. The third-order valence-corrected chi connectivity index (χ3v) is 3.89. The van der Waals surface area contributed by atoms with Crippen LogP contribution in [0.25, 0.3) is 0 Å². The molecule has 16 heavy (non-hydrogen) atoms. The molecule has 1 aliphatic carbocycles. The van der Waals surface area contributed by atoms with Crippen molar-refractivity contribution < 1.29 is 0 Å². The first-order valence-corrected chi connectivity index (χ1v) is 7.02. The summed E-state index contributed by atoms with van der Waals surface area (Å²) in [5, 5.41) is 0. The minimum absolute atomic E-state index is 0.829. The maximum atomic E-state index is 2.59. The minimum atomic E-state index is 0.829. The van der Waals surface area contributed by atoms with Crippen LogP contribution in [0.3, 0.4) is 0 Å². The molecule has 2 rings (SSSR count). The largest absolute Gasteiger partial charge is 0.370 e. The zero-order chi connectivity index (χ0) is 11.2. The van der Waals surface area contributed by atoms with Gasteiger partial charge in [-0.2, -0.15) is 0 Å². The average molecular weight is 219 g/mol. The first-order valence-electron chi connectivity index (χ1n) is 7.02. The summed E-state index contributed by atoms with van der Waals surface area (Å²) in [5.74, 6) is 0. The van der Waals surface area contributed by atoms with Gasteiger partial charge < -0.3 is 4.90 Å². The van der Waals surface area contributed by atoms with Gasteiger partial charge in [0.15, 0.2) is 0 Å². The minimum Gasteiger partial charge on any atom is -0.370 e. The van der Waals surface area contributed by atoms with Gasteiger partial charge in [0, 0.05) is 12.6 Å². The molecular formula is C15H25N. The Bertz CT molecular complexity index is 259. The summed E-state index contributed by atoms with van der Waals surface area (Å²) < 4.78 is 0. The Labute approximate surface area is 100 Å². The van der Waals surface area contributed by atoms with E-state index in [9.17, 15) is 0 Å². The molecule has 2 aliphatic rings. The molecule has 0 bridgehead atoms. The Morgan fingerprint density at radius 2 is 2.06 bits per heavy atom. The third-order valence-electron chi connectivity index (χ3n) is 3.89. The summed E-state index contributed by atoms with van der Waals surface area (Å²) in [4.78, 5) is 2.59. The molecule has 0 aromatic heterocycles. The molecule has 90 valence electrons. The van der Waals surface area contributed by atoms with Crippen LogP contribution in [-0.2, 0) is 0 Å². The molecule has 0 aromatic carbocycles. The van der Waals surface area contributed by atoms with Crippen molar-refractivity contribution >= 4 is 0 Å². The van der Waals surface area contributed by atoms with Gasteiger partial charge in [-0.15, -0.1) is 0 Å². The van der Waals surface area contributed by atoms with E-state index in [2.05, 4.69) is 30.2 Å². The predicted molar refractivity (Wildman–Crippen MR) is 70.3 cm³/mol. The van der Waals surface area contributed by atoms with E-state index in [1.54, 1.807) is 5.57 Å². The first-order chi connectivity index (χ1) is 7.90. The number of unbranched alkanes of at least 4 members (excludes halogenated alkanes) is 1. The van der Waals surface area contributed by atoms with E-state index < -0.39 is 0 Å². The van der Waals surface area contributed by atoms with Crippen LogP contribution in [0, 0.1) is 0 Å². The number of nitrogens with zero attached hydrogens (tertiary/aromatic N) is 1. The summed E-state index contributed by atoms with van der Waals surface area (Å²) in [6.45, 7) is 3.47.